The zero-order valence-corrected chi connectivity index (χ0v) is 12.6. The highest BCUT2D eigenvalue weighted by molar-refractivity contribution is 7.92. The first-order chi connectivity index (χ1) is 8.41. The monoisotopic (exact) mass is 302 g/mol. The van der Waals surface area contributed by atoms with E-state index in [4.69, 9.17) is 0 Å². The van der Waals surface area contributed by atoms with Crippen LogP contribution in [-0.2, 0) is 15.4 Å². The first-order valence-corrected chi connectivity index (χ1v) is 8.09. The first-order valence-electron chi connectivity index (χ1n) is 6.20. The lowest BCUT2D eigenvalue weighted by molar-refractivity contribution is 0.558. The van der Waals surface area contributed by atoms with Gasteiger partial charge in [-0.2, -0.15) is 0 Å². The molecule has 6 heteroatoms. The predicted molar refractivity (Wildman–Crippen MR) is 79.4 cm³/mol. The Morgan fingerprint density at radius 2 is 1.95 bits per heavy atom. The summed E-state index contributed by atoms with van der Waals surface area (Å²) in [4.78, 5) is 0. The van der Waals surface area contributed by atoms with E-state index in [1.165, 1.54) is 11.8 Å². The van der Waals surface area contributed by atoms with Crippen LogP contribution < -0.4 is 10.0 Å². The Labute approximate surface area is 120 Å². The third-order valence-corrected chi connectivity index (χ3v) is 5.04. The van der Waals surface area contributed by atoms with Crippen molar-refractivity contribution in [1.29, 1.82) is 0 Å². The topological polar surface area (TPSA) is 58.2 Å². The summed E-state index contributed by atoms with van der Waals surface area (Å²) in [5.74, 6) is 1.40. The number of rotatable bonds is 3. The molecule has 0 bridgehead atoms. The molecular weight excluding hydrogens is 284 g/mol. The molecule has 1 saturated heterocycles. The van der Waals surface area contributed by atoms with Gasteiger partial charge in [-0.25, -0.2) is 8.42 Å². The summed E-state index contributed by atoms with van der Waals surface area (Å²) >= 11 is 0. The Bertz CT molecular complexity index is 578. The van der Waals surface area contributed by atoms with E-state index in [1.54, 1.807) is 6.07 Å². The van der Waals surface area contributed by atoms with Gasteiger partial charge in [0.2, 0.25) is 10.0 Å². The van der Waals surface area contributed by atoms with Crippen molar-refractivity contribution in [2.24, 2.45) is 11.8 Å². The van der Waals surface area contributed by atoms with Crippen LogP contribution in [0.2, 0.25) is 0 Å². The van der Waals surface area contributed by atoms with Crippen molar-refractivity contribution in [3.8, 4) is 0 Å². The molecule has 2 aliphatic rings. The molecule has 106 valence electrons. The fraction of sp³-hybridized carbons (Fsp3) is 0.538. The Balaban J connectivity index is 0.00000133. The van der Waals surface area contributed by atoms with Crippen LogP contribution >= 0.6 is 12.4 Å². The Kier molecular flexibility index (Phi) is 3.58. The minimum atomic E-state index is -3.20. The molecule has 1 aromatic rings. The van der Waals surface area contributed by atoms with Gasteiger partial charge in [0.05, 0.1) is 6.26 Å². The number of halogens is 1. The molecule has 2 atom stereocenters. The number of piperidine rings is 1. The average Bonchev–Trinajstić information content (AvgIpc) is 2.68. The second-order valence-corrected chi connectivity index (χ2v) is 7.36. The molecule has 0 aromatic heterocycles. The standard InChI is InChI=1S/C13H18N2O2S.ClH/c1-13(11-7-14-8-12(11)13)9-4-3-5-10(6-9)15-18(2,16)17;/h3-6,11-12,14-15H,7-8H2,1-2H3;1H. The summed E-state index contributed by atoms with van der Waals surface area (Å²) in [6.07, 6.45) is 1.18. The molecule has 1 heterocycles. The maximum Gasteiger partial charge on any atom is 0.229 e. The van der Waals surface area contributed by atoms with Gasteiger partial charge in [0, 0.05) is 11.1 Å². The smallest absolute Gasteiger partial charge is 0.229 e. The average molecular weight is 303 g/mol. The highest BCUT2D eigenvalue weighted by atomic mass is 35.5. The van der Waals surface area contributed by atoms with Crippen molar-refractivity contribution < 1.29 is 8.42 Å². The summed E-state index contributed by atoms with van der Waals surface area (Å²) in [6.45, 7) is 4.43. The van der Waals surface area contributed by atoms with Gasteiger partial charge >= 0.3 is 0 Å². The molecule has 2 N–H and O–H groups in total. The van der Waals surface area contributed by atoms with E-state index in [2.05, 4.69) is 23.0 Å². The molecule has 3 rings (SSSR count). The van der Waals surface area contributed by atoms with Crippen LogP contribution in [-0.4, -0.2) is 27.8 Å². The molecule has 1 aromatic carbocycles. The van der Waals surface area contributed by atoms with Gasteiger partial charge in [0.25, 0.3) is 0 Å². The number of hydrogen-bond donors (Lipinski definition) is 2. The van der Waals surface area contributed by atoms with Crippen molar-refractivity contribution in [3.05, 3.63) is 29.8 Å². The van der Waals surface area contributed by atoms with Crippen LogP contribution in [0.25, 0.3) is 0 Å². The lowest BCUT2D eigenvalue weighted by Crippen LogP contribution is -2.23. The fourth-order valence-electron chi connectivity index (χ4n) is 3.36. The van der Waals surface area contributed by atoms with Gasteiger partial charge in [0.1, 0.15) is 0 Å². The third-order valence-electron chi connectivity index (χ3n) is 4.43. The molecule has 2 fully saturated rings. The largest absolute Gasteiger partial charge is 0.316 e. The van der Waals surface area contributed by atoms with Crippen LogP contribution in [0, 0.1) is 11.8 Å². The molecule has 1 saturated carbocycles. The van der Waals surface area contributed by atoms with Gasteiger partial charge in [-0.15, -0.1) is 12.4 Å². The molecule has 1 aliphatic heterocycles. The van der Waals surface area contributed by atoms with Gasteiger partial charge in [0.15, 0.2) is 0 Å². The van der Waals surface area contributed by atoms with Crippen LogP contribution in [0.15, 0.2) is 24.3 Å². The number of fused-ring (bicyclic) bond motifs is 1. The summed E-state index contributed by atoms with van der Waals surface area (Å²) in [7, 11) is -3.20. The minimum absolute atomic E-state index is 0. The van der Waals surface area contributed by atoms with Crippen molar-refractivity contribution in [2.45, 2.75) is 12.3 Å². The highest BCUT2D eigenvalue weighted by Crippen LogP contribution is 2.61. The fourth-order valence-corrected chi connectivity index (χ4v) is 3.92. The summed E-state index contributed by atoms with van der Waals surface area (Å²) in [6, 6.07) is 7.80. The van der Waals surface area contributed by atoms with Crippen molar-refractivity contribution in [2.75, 3.05) is 24.1 Å². The van der Waals surface area contributed by atoms with E-state index in [-0.39, 0.29) is 17.8 Å². The summed E-state index contributed by atoms with van der Waals surface area (Å²) < 4.78 is 25.0. The number of sulfonamides is 1. The minimum Gasteiger partial charge on any atom is -0.316 e. The highest BCUT2D eigenvalue weighted by Gasteiger charge is 2.63. The van der Waals surface area contributed by atoms with Gasteiger partial charge < -0.3 is 5.32 Å². The second-order valence-electron chi connectivity index (χ2n) is 5.61. The Hall–Kier alpha value is -0.780. The van der Waals surface area contributed by atoms with E-state index in [9.17, 15) is 8.42 Å². The molecule has 0 amide bonds. The molecule has 0 spiro atoms. The van der Waals surface area contributed by atoms with Crippen molar-refractivity contribution in [1.82, 2.24) is 5.32 Å². The van der Waals surface area contributed by atoms with Crippen LogP contribution in [0.5, 0.6) is 0 Å². The van der Waals surface area contributed by atoms with E-state index in [0.29, 0.717) is 17.5 Å². The van der Waals surface area contributed by atoms with Crippen molar-refractivity contribution >= 4 is 28.1 Å². The molecular formula is C13H19ClN2O2S. The Morgan fingerprint density at radius 1 is 1.32 bits per heavy atom. The normalized spacial score (nSPS) is 32.3. The van der Waals surface area contributed by atoms with Crippen LogP contribution in [0.3, 0.4) is 0 Å². The number of nitrogens with one attached hydrogen (secondary N) is 2. The summed E-state index contributed by atoms with van der Waals surface area (Å²) in [5, 5.41) is 3.39. The Morgan fingerprint density at radius 3 is 2.53 bits per heavy atom. The molecule has 1 aliphatic carbocycles. The van der Waals surface area contributed by atoms with E-state index in [1.807, 2.05) is 12.1 Å². The lowest BCUT2D eigenvalue weighted by Gasteiger charge is -2.17. The van der Waals surface area contributed by atoms with E-state index >= 15 is 0 Å². The first kappa shape index (κ1) is 14.6. The number of hydrogen-bond acceptors (Lipinski definition) is 3. The van der Waals surface area contributed by atoms with Crippen LogP contribution in [0.4, 0.5) is 5.69 Å². The molecule has 0 radical (unpaired) electrons. The lowest BCUT2D eigenvalue weighted by atomic mass is 9.92. The molecule has 4 nitrogen and oxygen atoms in total. The quantitative estimate of drug-likeness (QED) is 0.891. The van der Waals surface area contributed by atoms with Crippen LogP contribution in [0.1, 0.15) is 12.5 Å². The van der Waals surface area contributed by atoms with Gasteiger partial charge in [-0.05, 0) is 42.6 Å². The SMILES string of the molecule is CC1(c2cccc(NS(C)(=O)=O)c2)C2CNCC21.Cl. The maximum atomic E-state index is 11.3. The van der Waals surface area contributed by atoms with E-state index < -0.39 is 10.0 Å². The predicted octanol–water partition coefficient (Wildman–Crippen LogP) is 1.59. The third kappa shape index (κ3) is 2.47. The van der Waals surface area contributed by atoms with Gasteiger partial charge in [-0.3, -0.25) is 4.72 Å². The molecule has 2 unspecified atom stereocenters. The molecule has 19 heavy (non-hydrogen) atoms. The number of benzene rings is 1. The maximum absolute atomic E-state index is 11.3. The van der Waals surface area contributed by atoms with Gasteiger partial charge in [-0.1, -0.05) is 19.1 Å². The summed E-state index contributed by atoms with van der Waals surface area (Å²) in [5.41, 5.74) is 2.13. The van der Waals surface area contributed by atoms with E-state index in [0.717, 1.165) is 13.1 Å². The second kappa shape index (κ2) is 4.65. The zero-order valence-electron chi connectivity index (χ0n) is 11.0. The number of anilines is 1. The zero-order chi connectivity index (χ0) is 13.0. The van der Waals surface area contributed by atoms with Crippen molar-refractivity contribution in [3.63, 3.8) is 0 Å².